The molecule has 1 saturated heterocycles. The Labute approximate surface area is 141 Å². The van der Waals surface area contributed by atoms with Crippen molar-refractivity contribution in [2.45, 2.75) is 32.8 Å². The fourth-order valence-corrected chi connectivity index (χ4v) is 4.01. The fraction of sp³-hybridized carbons (Fsp3) is 0.444. The number of thiazole rings is 1. The lowest BCUT2D eigenvalue weighted by Gasteiger charge is -2.32. The maximum atomic E-state index is 12.8. The van der Waals surface area contributed by atoms with Crippen LogP contribution in [0.25, 0.3) is 10.4 Å². The molecule has 3 rings (SSSR count). The van der Waals surface area contributed by atoms with E-state index in [1.807, 2.05) is 43.0 Å². The van der Waals surface area contributed by atoms with E-state index in [2.05, 4.69) is 4.98 Å². The molecule has 122 valence electrons. The molecule has 1 aromatic heterocycles. The van der Waals surface area contributed by atoms with Gasteiger partial charge in [0, 0.05) is 25.8 Å². The molecule has 4 nitrogen and oxygen atoms in total. The zero-order valence-electron chi connectivity index (χ0n) is 13.8. The number of aromatic nitrogens is 1. The minimum absolute atomic E-state index is 0.0903. The van der Waals surface area contributed by atoms with Crippen molar-refractivity contribution in [3.05, 3.63) is 40.5 Å². The zero-order valence-corrected chi connectivity index (χ0v) is 14.7. The average Bonchev–Trinajstić information content (AvgIpc) is 2.92. The quantitative estimate of drug-likeness (QED) is 0.862. The third-order valence-electron chi connectivity index (χ3n) is 4.27. The lowest BCUT2D eigenvalue weighted by molar-refractivity contribution is 0.0269. The van der Waals surface area contributed by atoms with Gasteiger partial charge >= 0.3 is 0 Å². The Kier molecular flexibility index (Phi) is 4.78. The minimum Gasteiger partial charge on any atom is -0.380 e. The van der Waals surface area contributed by atoms with Crippen LogP contribution in [0.5, 0.6) is 0 Å². The first-order valence-corrected chi connectivity index (χ1v) is 8.76. The SMILES string of the molecule is CO[C@@H]1CCCN(C(=O)c2cccc(-c3sc(C)nc3C)c2)C1. The summed E-state index contributed by atoms with van der Waals surface area (Å²) in [5.74, 6) is 0.0903. The van der Waals surface area contributed by atoms with Gasteiger partial charge in [-0.3, -0.25) is 4.79 Å². The molecule has 0 radical (unpaired) electrons. The summed E-state index contributed by atoms with van der Waals surface area (Å²) < 4.78 is 5.42. The Morgan fingerprint density at radius 1 is 1.39 bits per heavy atom. The molecule has 1 fully saturated rings. The molecule has 5 heteroatoms. The third-order valence-corrected chi connectivity index (χ3v) is 5.40. The van der Waals surface area contributed by atoms with E-state index in [1.54, 1.807) is 18.4 Å². The van der Waals surface area contributed by atoms with Crippen molar-refractivity contribution in [3.8, 4) is 10.4 Å². The van der Waals surface area contributed by atoms with Crippen LogP contribution in [-0.2, 0) is 4.74 Å². The van der Waals surface area contributed by atoms with Crippen molar-refractivity contribution in [2.24, 2.45) is 0 Å². The van der Waals surface area contributed by atoms with Crippen molar-refractivity contribution < 1.29 is 9.53 Å². The summed E-state index contributed by atoms with van der Waals surface area (Å²) in [5, 5.41) is 1.05. The standard InChI is InChI=1S/C18H22N2O2S/c1-12-17(23-13(2)19-12)14-6-4-7-15(10-14)18(21)20-9-5-8-16(11-20)22-3/h4,6-7,10,16H,5,8-9,11H2,1-3H3/t16-/m1/s1. The Hall–Kier alpha value is -1.72. The van der Waals surface area contributed by atoms with E-state index in [4.69, 9.17) is 4.74 Å². The summed E-state index contributed by atoms with van der Waals surface area (Å²) in [4.78, 5) is 20.3. The number of hydrogen-bond donors (Lipinski definition) is 0. The predicted octanol–water partition coefficient (Wildman–Crippen LogP) is 3.68. The van der Waals surface area contributed by atoms with Crippen molar-refractivity contribution in [2.75, 3.05) is 20.2 Å². The highest BCUT2D eigenvalue weighted by atomic mass is 32.1. The number of rotatable bonds is 3. The number of benzene rings is 1. The van der Waals surface area contributed by atoms with Crippen LogP contribution in [0.1, 0.15) is 33.9 Å². The highest BCUT2D eigenvalue weighted by molar-refractivity contribution is 7.15. The highest BCUT2D eigenvalue weighted by Crippen LogP contribution is 2.30. The zero-order chi connectivity index (χ0) is 16.4. The summed E-state index contributed by atoms with van der Waals surface area (Å²) in [7, 11) is 1.72. The number of hydrogen-bond acceptors (Lipinski definition) is 4. The van der Waals surface area contributed by atoms with Crippen LogP contribution in [0.2, 0.25) is 0 Å². The number of nitrogens with zero attached hydrogens (tertiary/aromatic N) is 2. The molecular weight excluding hydrogens is 308 g/mol. The largest absolute Gasteiger partial charge is 0.380 e. The second-order valence-corrected chi connectivity index (χ2v) is 7.18. The van der Waals surface area contributed by atoms with Crippen LogP contribution in [0, 0.1) is 13.8 Å². The van der Waals surface area contributed by atoms with Gasteiger partial charge in [0.15, 0.2) is 0 Å². The molecular formula is C18H22N2O2S. The lowest BCUT2D eigenvalue weighted by atomic mass is 10.0. The lowest BCUT2D eigenvalue weighted by Crippen LogP contribution is -2.42. The van der Waals surface area contributed by atoms with E-state index in [0.29, 0.717) is 6.54 Å². The summed E-state index contributed by atoms with van der Waals surface area (Å²) >= 11 is 1.67. The van der Waals surface area contributed by atoms with Gasteiger partial charge in [-0.25, -0.2) is 4.98 Å². The molecule has 1 aliphatic rings. The molecule has 0 bridgehead atoms. The molecule has 0 aliphatic carbocycles. The van der Waals surface area contributed by atoms with Gasteiger partial charge in [-0.15, -0.1) is 11.3 Å². The van der Waals surface area contributed by atoms with Crippen LogP contribution >= 0.6 is 11.3 Å². The molecule has 0 unspecified atom stereocenters. The minimum atomic E-state index is 0.0903. The molecule has 1 amide bonds. The van der Waals surface area contributed by atoms with E-state index in [9.17, 15) is 4.79 Å². The van der Waals surface area contributed by atoms with Crippen LogP contribution in [0.15, 0.2) is 24.3 Å². The Bertz CT molecular complexity index is 711. The smallest absolute Gasteiger partial charge is 0.253 e. The second kappa shape index (κ2) is 6.81. The van der Waals surface area contributed by atoms with Gasteiger partial charge in [0.2, 0.25) is 0 Å². The van der Waals surface area contributed by atoms with Crippen LogP contribution in [0.4, 0.5) is 0 Å². The summed E-state index contributed by atoms with van der Waals surface area (Å²) in [6.45, 7) is 5.51. The van der Waals surface area contributed by atoms with E-state index in [0.717, 1.165) is 46.1 Å². The second-order valence-electron chi connectivity index (χ2n) is 5.98. The van der Waals surface area contributed by atoms with E-state index >= 15 is 0 Å². The van der Waals surface area contributed by atoms with Gasteiger partial charge in [-0.1, -0.05) is 12.1 Å². The van der Waals surface area contributed by atoms with Gasteiger partial charge in [0.1, 0.15) is 0 Å². The van der Waals surface area contributed by atoms with Gasteiger partial charge in [-0.05, 0) is 44.4 Å². The normalized spacial score (nSPS) is 18.2. The Morgan fingerprint density at radius 2 is 2.22 bits per heavy atom. The van der Waals surface area contributed by atoms with Crippen LogP contribution in [0.3, 0.4) is 0 Å². The van der Waals surface area contributed by atoms with E-state index in [1.165, 1.54) is 0 Å². The van der Waals surface area contributed by atoms with Crippen molar-refractivity contribution in [1.82, 2.24) is 9.88 Å². The Balaban J connectivity index is 1.84. The maximum absolute atomic E-state index is 12.8. The number of amides is 1. The monoisotopic (exact) mass is 330 g/mol. The summed E-state index contributed by atoms with van der Waals surface area (Å²) in [6.07, 6.45) is 2.18. The molecule has 0 N–H and O–H groups in total. The molecule has 2 aromatic rings. The number of ether oxygens (including phenoxy) is 1. The first-order valence-electron chi connectivity index (χ1n) is 7.95. The van der Waals surface area contributed by atoms with Gasteiger partial charge < -0.3 is 9.64 Å². The highest BCUT2D eigenvalue weighted by Gasteiger charge is 2.24. The number of aryl methyl sites for hydroxylation is 2. The maximum Gasteiger partial charge on any atom is 0.253 e. The van der Waals surface area contributed by atoms with E-state index in [-0.39, 0.29) is 12.0 Å². The molecule has 0 spiro atoms. The number of methoxy groups -OCH3 is 1. The number of carbonyl (C=O) groups is 1. The number of likely N-dealkylation sites (tertiary alicyclic amines) is 1. The van der Waals surface area contributed by atoms with Crippen LogP contribution in [-0.4, -0.2) is 42.1 Å². The summed E-state index contributed by atoms with van der Waals surface area (Å²) in [6, 6.07) is 7.88. The first kappa shape index (κ1) is 16.1. The molecule has 1 aromatic carbocycles. The van der Waals surface area contributed by atoms with Gasteiger partial charge in [0.05, 0.1) is 21.7 Å². The molecule has 23 heavy (non-hydrogen) atoms. The van der Waals surface area contributed by atoms with Crippen LogP contribution < -0.4 is 0 Å². The van der Waals surface area contributed by atoms with Crippen molar-refractivity contribution in [3.63, 3.8) is 0 Å². The number of carbonyl (C=O) groups excluding carboxylic acids is 1. The topological polar surface area (TPSA) is 42.4 Å². The van der Waals surface area contributed by atoms with Crippen molar-refractivity contribution >= 4 is 17.2 Å². The van der Waals surface area contributed by atoms with Gasteiger partial charge in [0.25, 0.3) is 5.91 Å². The van der Waals surface area contributed by atoms with E-state index < -0.39 is 0 Å². The Morgan fingerprint density at radius 3 is 2.91 bits per heavy atom. The predicted molar refractivity (Wildman–Crippen MR) is 93.0 cm³/mol. The summed E-state index contributed by atoms with van der Waals surface area (Å²) in [5.41, 5.74) is 2.83. The van der Waals surface area contributed by atoms with Gasteiger partial charge in [-0.2, -0.15) is 0 Å². The fourth-order valence-electron chi connectivity index (χ4n) is 3.09. The molecule has 1 aliphatic heterocycles. The average molecular weight is 330 g/mol. The number of piperidine rings is 1. The first-order chi connectivity index (χ1) is 11.1. The molecule has 0 saturated carbocycles. The molecule has 1 atom stereocenters. The van der Waals surface area contributed by atoms with Crippen molar-refractivity contribution in [1.29, 1.82) is 0 Å². The molecule has 2 heterocycles. The third kappa shape index (κ3) is 3.46.